The standard InChI is InChI=1S/C16H23N3O/c1-3-8-18-12-13-4-5-14-6-9-19(15(14)11-13)10-7-16(20)17-2/h4-6,9,11,18H,3,7-8,10,12H2,1-2H3,(H,17,20). The molecule has 0 aliphatic carbocycles. The zero-order chi connectivity index (χ0) is 14.4. The fourth-order valence-electron chi connectivity index (χ4n) is 2.29. The molecule has 0 saturated carbocycles. The van der Waals surface area contributed by atoms with Gasteiger partial charge in [0.25, 0.3) is 0 Å². The zero-order valence-corrected chi connectivity index (χ0v) is 12.3. The van der Waals surface area contributed by atoms with Crippen molar-refractivity contribution in [3.63, 3.8) is 0 Å². The van der Waals surface area contributed by atoms with Crippen LogP contribution in [0.1, 0.15) is 25.3 Å². The third-order valence-corrected chi connectivity index (χ3v) is 3.45. The lowest BCUT2D eigenvalue weighted by Gasteiger charge is -2.07. The Hall–Kier alpha value is -1.81. The van der Waals surface area contributed by atoms with Crippen molar-refractivity contribution in [2.75, 3.05) is 13.6 Å². The summed E-state index contributed by atoms with van der Waals surface area (Å²) in [6.07, 6.45) is 3.71. The van der Waals surface area contributed by atoms with Gasteiger partial charge < -0.3 is 15.2 Å². The Labute approximate surface area is 120 Å². The van der Waals surface area contributed by atoms with Gasteiger partial charge in [-0.1, -0.05) is 19.1 Å². The molecule has 4 nitrogen and oxygen atoms in total. The maximum atomic E-state index is 11.3. The summed E-state index contributed by atoms with van der Waals surface area (Å²) in [5.74, 6) is 0.0765. The predicted molar refractivity (Wildman–Crippen MR) is 82.6 cm³/mol. The Kier molecular flexibility index (Phi) is 5.18. The van der Waals surface area contributed by atoms with Crippen LogP contribution in [0.5, 0.6) is 0 Å². The van der Waals surface area contributed by atoms with Crippen LogP contribution in [-0.2, 0) is 17.9 Å². The Morgan fingerprint density at radius 2 is 2.15 bits per heavy atom. The van der Waals surface area contributed by atoms with Crippen molar-refractivity contribution in [1.29, 1.82) is 0 Å². The lowest BCUT2D eigenvalue weighted by atomic mass is 10.1. The van der Waals surface area contributed by atoms with E-state index in [1.807, 2.05) is 0 Å². The van der Waals surface area contributed by atoms with Crippen molar-refractivity contribution in [1.82, 2.24) is 15.2 Å². The van der Waals surface area contributed by atoms with Gasteiger partial charge in [0.2, 0.25) is 5.91 Å². The van der Waals surface area contributed by atoms with Gasteiger partial charge in [-0.2, -0.15) is 0 Å². The summed E-state index contributed by atoms with van der Waals surface area (Å²) in [7, 11) is 1.67. The van der Waals surface area contributed by atoms with Crippen molar-refractivity contribution in [3.05, 3.63) is 36.0 Å². The number of amides is 1. The summed E-state index contributed by atoms with van der Waals surface area (Å²) in [5.41, 5.74) is 2.48. The molecule has 0 spiro atoms. The molecule has 0 bridgehead atoms. The van der Waals surface area contributed by atoms with Crippen LogP contribution in [0.15, 0.2) is 30.5 Å². The second kappa shape index (κ2) is 7.10. The van der Waals surface area contributed by atoms with Gasteiger partial charge in [-0.25, -0.2) is 0 Å². The van der Waals surface area contributed by atoms with Crippen LogP contribution in [-0.4, -0.2) is 24.1 Å². The number of hydrogen-bond acceptors (Lipinski definition) is 2. The maximum absolute atomic E-state index is 11.3. The molecule has 0 aliphatic heterocycles. The number of benzene rings is 1. The average molecular weight is 273 g/mol. The molecule has 20 heavy (non-hydrogen) atoms. The minimum atomic E-state index is 0.0765. The van der Waals surface area contributed by atoms with Gasteiger partial charge in [-0.15, -0.1) is 0 Å². The summed E-state index contributed by atoms with van der Waals surface area (Å²) in [5, 5.41) is 7.30. The van der Waals surface area contributed by atoms with E-state index in [0.717, 1.165) is 26.1 Å². The highest BCUT2D eigenvalue weighted by molar-refractivity contribution is 5.81. The summed E-state index contributed by atoms with van der Waals surface area (Å²) >= 11 is 0. The lowest BCUT2D eigenvalue weighted by Crippen LogP contribution is -2.19. The lowest BCUT2D eigenvalue weighted by molar-refractivity contribution is -0.120. The molecule has 2 rings (SSSR count). The van der Waals surface area contributed by atoms with E-state index in [4.69, 9.17) is 0 Å². The van der Waals surface area contributed by atoms with Crippen LogP contribution < -0.4 is 10.6 Å². The number of nitrogens with zero attached hydrogens (tertiary/aromatic N) is 1. The third kappa shape index (κ3) is 3.61. The Morgan fingerprint density at radius 3 is 2.90 bits per heavy atom. The molecule has 2 N–H and O–H groups in total. The highest BCUT2D eigenvalue weighted by Gasteiger charge is 2.04. The molecule has 0 atom stereocenters. The summed E-state index contributed by atoms with van der Waals surface area (Å²) in [6, 6.07) is 8.62. The van der Waals surface area contributed by atoms with Gasteiger partial charge >= 0.3 is 0 Å². The van der Waals surface area contributed by atoms with E-state index in [1.54, 1.807) is 7.05 Å². The van der Waals surface area contributed by atoms with Crippen LogP contribution in [0.3, 0.4) is 0 Å². The van der Waals surface area contributed by atoms with E-state index >= 15 is 0 Å². The fourth-order valence-corrected chi connectivity index (χ4v) is 2.29. The van der Waals surface area contributed by atoms with E-state index in [1.165, 1.54) is 16.5 Å². The van der Waals surface area contributed by atoms with Gasteiger partial charge in [-0.3, -0.25) is 4.79 Å². The topological polar surface area (TPSA) is 46.1 Å². The molecule has 1 heterocycles. The van der Waals surface area contributed by atoms with Gasteiger partial charge in [0.15, 0.2) is 0 Å². The highest BCUT2D eigenvalue weighted by Crippen LogP contribution is 2.18. The van der Waals surface area contributed by atoms with E-state index in [0.29, 0.717) is 6.42 Å². The van der Waals surface area contributed by atoms with Crippen molar-refractivity contribution < 1.29 is 4.79 Å². The number of aromatic nitrogens is 1. The normalized spacial score (nSPS) is 10.9. The first kappa shape index (κ1) is 14.6. The number of carbonyl (C=O) groups is 1. The van der Waals surface area contributed by atoms with Gasteiger partial charge in [0.1, 0.15) is 0 Å². The van der Waals surface area contributed by atoms with Crippen molar-refractivity contribution in [3.8, 4) is 0 Å². The van der Waals surface area contributed by atoms with E-state index in [9.17, 15) is 4.79 Å². The second-order valence-corrected chi connectivity index (χ2v) is 5.00. The van der Waals surface area contributed by atoms with Crippen LogP contribution >= 0.6 is 0 Å². The molecule has 1 aromatic carbocycles. The highest BCUT2D eigenvalue weighted by atomic mass is 16.1. The Bertz CT molecular complexity index is 574. The maximum Gasteiger partial charge on any atom is 0.221 e. The average Bonchev–Trinajstić information content (AvgIpc) is 2.87. The quantitative estimate of drug-likeness (QED) is 0.760. The third-order valence-electron chi connectivity index (χ3n) is 3.45. The molecule has 0 radical (unpaired) electrons. The molecule has 108 valence electrons. The first-order valence-electron chi connectivity index (χ1n) is 7.23. The first-order valence-corrected chi connectivity index (χ1v) is 7.23. The molecule has 1 aromatic heterocycles. The number of hydrogen-bond donors (Lipinski definition) is 2. The molecular formula is C16H23N3O. The number of rotatable bonds is 7. The summed E-state index contributed by atoms with van der Waals surface area (Å²) in [4.78, 5) is 11.3. The number of aryl methyl sites for hydroxylation is 1. The van der Waals surface area contributed by atoms with E-state index in [2.05, 4.69) is 52.6 Å². The fraction of sp³-hybridized carbons (Fsp3) is 0.438. The van der Waals surface area contributed by atoms with Crippen molar-refractivity contribution >= 4 is 16.8 Å². The van der Waals surface area contributed by atoms with Gasteiger partial charge in [0.05, 0.1) is 0 Å². The molecule has 1 amide bonds. The smallest absolute Gasteiger partial charge is 0.221 e. The zero-order valence-electron chi connectivity index (χ0n) is 12.3. The molecule has 0 unspecified atom stereocenters. The first-order chi connectivity index (χ1) is 9.74. The van der Waals surface area contributed by atoms with Crippen LogP contribution in [0.25, 0.3) is 10.9 Å². The summed E-state index contributed by atoms with van der Waals surface area (Å²) in [6.45, 7) is 4.81. The van der Waals surface area contributed by atoms with Gasteiger partial charge in [-0.05, 0) is 36.0 Å². The predicted octanol–water partition coefficient (Wildman–Crippen LogP) is 2.28. The number of nitrogens with one attached hydrogen (secondary N) is 2. The van der Waals surface area contributed by atoms with Crippen LogP contribution in [0.4, 0.5) is 0 Å². The minimum Gasteiger partial charge on any atom is -0.359 e. The minimum absolute atomic E-state index is 0.0765. The van der Waals surface area contributed by atoms with Crippen LogP contribution in [0, 0.1) is 0 Å². The number of fused-ring (bicyclic) bond motifs is 1. The second-order valence-electron chi connectivity index (χ2n) is 5.00. The molecule has 0 aliphatic rings. The van der Waals surface area contributed by atoms with Crippen LogP contribution in [0.2, 0.25) is 0 Å². The molecular weight excluding hydrogens is 250 g/mol. The molecule has 2 aromatic rings. The van der Waals surface area contributed by atoms with E-state index in [-0.39, 0.29) is 5.91 Å². The Morgan fingerprint density at radius 1 is 1.30 bits per heavy atom. The van der Waals surface area contributed by atoms with Gasteiger partial charge in [0, 0.05) is 38.3 Å². The Balaban J connectivity index is 2.10. The SMILES string of the molecule is CCCNCc1ccc2ccn(CCC(=O)NC)c2c1. The van der Waals surface area contributed by atoms with Crippen molar-refractivity contribution in [2.24, 2.45) is 0 Å². The monoisotopic (exact) mass is 273 g/mol. The number of carbonyl (C=O) groups excluding carboxylic acids is 1. The van der Waals surface area contributed by atoms with E-state index < -0.39 is 0 Å². The molecule has 0 saturated heterocycles. The summed E-state index contributed by atoms with van der Waals surface area (Å²) < 4.78 is 2.15. The largest absolute Gasteiger partial charge is 0.359 e. The van der Waals surface area contributed by atoms with Crippen molar-refractivity contribution in [2.45, 2.75) is 32.9 Å². The molecule has 0 fully saturated rings. The molecule has 4 heteroatoms.